The van der Waals surface area contributed by atoms with Crippen molar-refractivity contribution in [3.05, 3.63) is 166 Å². The van der Waals surface area contributed by atoms with Gasteiger partial charge >= 0.3 is 0 Å². The number of rotatable bonds is 1. The van der Waals surface area contributed by atoms with Crippen LogP contribution in [0.25, 0.3) is 21.9 Å². The first-order chi connectivity index (χ1) is 21.3. The Morgan fingerprint density at radius 3 is 2.53 bits per heavy atom. The first-order valence-electron chi connectivity index (χ1n) is 15.3. The van der Waals surface area contributed by atoms with Gasteiger partial charge in [-0.25, -0.2) is 4.98 Å². The lowest BCUT2D eigenvalue weighted by Gasteiger charge is -2.41. The Morgan fingerprint density at radius 1 is 0.767 bits per heavy atom. The predicted molar refractivity (Wildman–Crippen MR) is 178 cm³/mol. The van der Waals surface area contributed by atoms with E-state index < -0.39 is 0 Å². The van der Waals surface area contributed by atoms with Crippen molar-refractivity contribution in [3.63, 3.8) is 0 Å². The second-order valence-electron chi connectivity index (χ2n) is 12.2. The third kappa shape index (κ3) is 3.08. The number of pyridine rings is 1. The topological polar surface area (TPSA) is 16.1 Å². The first-order valence-corrected chi connectivity index (χ1v) is 16.1. The van der Waals surface area contributed by atoms with E-state index in [2.05, 4.69) is 132 Å². The standard InChI is InChI=1S/C40H28N2S/c1-2-12-26-24-41-39(21-25(26)11-1)42-35-18-8-4-14-28(35)30-22-29-27-13-3-5-15-31(27)40(34(29)23-36(30)42)32-16-6-9-19-37(32)43-38-20-10-7-17-33(38)40/h1-9,11-19,21-24,28,35H,10,20H2. The van der Waals surface area contributed by atoms with E-state index in [1.54, 1.807) is 0 Å². The molecule has 0 radical (unpaired) electrons. The molecule has 2 nitrogen and oxygen atoms in total. The zero-order valence-corrected chi connectivity index (χ0v) is 24.4. The van der Waals surface area contributed by atoms with E-state index in [1.165, 1.54) is 65.2 Å². The van der Waals surface area contributed by atoms with Crippen molar-refractivity contribution in [2.24, 2.45) is 0 Å². The van der Waals surface area contributed by atoms with E-state index in [-0.39, 0.29) is 17.4 Å². The van der Waals surface area contributed by atoms with Gasteiger partial charge in [0.05, 0.1) is 11.5 Å². The largest absolute Gasteiger partial charge is 0.318 e. The summed E-state index contributed by atoms with van der Waals surface area (Å²) in [5.41, 5.74) is 10.7. The maximum atomic E-state index is 5.06. The molecule has 3 aliphatic carbocycles. The van der Waals surface area contributed by atoms with Crippen LogP contribution in [0.15, 0.2) is 149 Å². The molecule has 1 spiro atoms. The van der Waals surface area contributed by atoms with Gasteiger partial charge in [-0.1, -0.05) is 115 Å². The van der Waals surface area contributed by atoms with Crippen molar-refractivity contribution < 1.29 is 0 Å². The number of anilines is 2. The van der Waals surface area contributed by atoms with E-state index in [0.717, 1.165) is 18.7 Å². The predicted octanol–water partition coefficient (Wildman–Crippen LogP) is 9.99. The minimum atomic E-state index is -0.336. The molecule has 0 saturated heterocycles. The molecule has 5 aliphatic rings. The first kappa shape index (κ1) is 23.9. The number of thioether (sulfide) groups is 1. The summed E-state index contributed by atoms with van der Waals surface area (Å²) in [6.45, 7) is 0. The fraction of sp³-hybridized carbons (Fsp3) is 0.125. The summed E-state index contributed by atoms with van der Waals surface area (Å²) in [6, 6.07) is 34.4. The quantitative estimate of drug-likeness (QED) is 0.200. The van der Waals surface area contributed by atoms with E-state index >= 15 is 0 Å². The Balaban J connectivity index is 1.29. The number of hydrogen-bond donors (Lipinski definition) is 0. The van der Waals surface area contributed by atoms with Gasteiger partial charge in [0.25, 0.3) is 0 Å². The fourth-order valence-corrected chi connectivity index (χ4v) is 9.68. The molecule has 0 amide bonds. The monoisotopic (exact) mass is 568 g/mol. The summed E-state index contributed by atoms with van der Waals surface area (Å²) >= 11 is 1.98. The van der Waals surface area contributed by atoms with Crippen LogP contribution in [0.4, 0.5) is 11.5 Å². The third-order valence-electron chi connectivity index (χ3n) is 10.1. The summed E-state index contributed by atoms with van der Waals surface area (Å²) < 4.78 is 0. The molecule has 1 aromatic heterocycles. The molecule has 0 N–H and O–H groups in total. The number of benzene rings is 4. The van der Waals surface area contributed by atoms with Crippen LogP contribution in [0.1, 0.15) is 41.0 Å². The van der Waals surface area contributed by atoms with Crippen molar-refractivity contribution >= 4 is 34.0 Å². The van der Waals surface area contributed by atoms with Crippen LogP contribution in [0.3, 0.4) is 0 Å². The maximum Gasteiger partial charge on any atom is 0.134 e. The van der Waals surface area contributed by atoms with Gasteiger partial charge in [-0.15, -0.1) is 0 Å². The van der Waals surface area contributed by atoms with Crippen LogP contribution in [-0.2, 0) is 5.41 Å². The van der Waals surface area contributed by atoms with Gasteiger partial charge in [0, 0.05) is 28.1 Å². The minimum Gasteiger partial charge on any atom is -0.318 e. The number of fused-ring (bicyclic) bond motifs is 12. The van der Waals surface area contributed by atoms with Crippen molar-refractivity contribution in [1.82, 2.24) is 4.98 Å². The Bertz CT molecular complexity index is 2150. The Hall–Kier alpha value is -4.60. The molecule has 0 bridgehead atoms. The van der Waals surface area contributed by atoms with Crippen molar-refractivity contribution in [3.8, 4) is 11.1 Å². The Kier molecular flexibility index (Phi) is 4.85. The highest BCUT2D eigenvalue weighted by atomic mass is 32.2. The molecule has 0 fully saturated rings. The molecule has 3 atom stereocenters. The second kappa shape index (κ2) is 8.72. The van der Waals surface area contributed by atoms with Crippen LogP contribution in [0.5, 0.6) is 0 Å². The summed E-state index contributed by atoms with van der Waals surface area (Å²) in [6.07, 6.45) is 18.2. The van der Waals surface area contributed by atoms with Crippen LogP contribution in [0, 0.1) is 0 Å². The molecule has 5 aromatic rings. The van der Waals surface area contributed by atoms with Gasteiger partial charge in [-0.05, 0) is 86.4 Å². The van der Waals surface area contributed by atoms with Crippen molar-refractivity contribution in [2.75, 3.05) is 4.90 Å². The molecule has 3 heteroatoms. The molecule has 3 unspecified atom stereocenters. The van der Waals surface area contributed by atoms with Crippen molar-refractivity contribution in [2.45, 2.75) is 35.1 Å². The zero-order chi connectivity index (χ0) is 28.1. The van der Waals surface area contributed by atoms with E-state index in [4.69, 9.17) is 4.98 Å². The molecular weight excluding hydrogens is 541 g/mol. The van der Waals surface area contributed by atoms with E-state index in [0.29, 0.717) is 0 Å². The van der Waals surface area contributed by atoms with Gasteiger partial charge in [-0.2, -0.15) is 0 Å². The lowest BCUT2D eigenvalue weighted by molar-refractivity contribution is 0.723. The van der Waals surface area contributed by atoms with Crippen LogP contribution >= 0.6 is 11.8 Å². The summed E-state index contributed by atoms with van der Waals surface area (Å²) in [5, 5.41) is 2.39. The Morgan fingerprint density at radius 2 is 1.58 bits per heavy atom. The van der Waals surface area contributed by atoms with E-state index in [1.807, 2.05) is 18.0 Å². The van der Waals surface area contributed by atoms with Gasteiger partial charge < -0.3 is 4.90 Å². The summed E-state index contributed by atoms with van der Waals surface area (Å²) in [5.74, 6) is 1.29. The molecule has 3 heterocycles. The average molecular weight is 569 g/mol. The molecule has 43 heavy (non-hydrogen) atoms. The van der Waals surface area contributed by atoms with Gasteiger partial charge in [0.1, 0.15) is 5.82 Å². The molecule has 4 aromatic carbocycles. The fourth-order valence-electron chi connectivity index (χ4n) is 8.38. The average Bonchev–Trinajstić information content (AvgIpc) is 3.54. The van der Waals surface area contributed by atoms with Crippen molar-refractivity contribution in [1.29, 1.82) is 0 Å². The van der Waals surface area contributed by atoms with Gasteiger partial charge in [0.15, 0.2) is 0 Å². The minimum absolute atomic E-state index is 0.195. The number of aromatic nitrogens is 1. The normalized spacial score (nSPS) is 23.7. The third-order valence-corrected chi connectivity index (χ3v) is 11.4. The molecular formula is C40H28N2S. The van der Waals surface area contributed by atoms with Crippen LogP contribution < -0.4 is 4.90 Å². The van der Waals surface area contributed by atoms with Gasteiger partial charge in [0.2, 0.25) is 0 Å². The Labute approximate surface area is 255 Å². The molecule has 2 aliphatic heterocycles. The second-order valence-corrected chi connectivity index (χ2v) is 13.3. The number of nitrogens with zero attached hydrogens (tertiary/aromatic N) is 2. The summed E-state index contributed by atoms with van der Waals surface area (Å²) in [7, 11) is 0. The highest BCUT2D eigenvalue weighted by Gasteiger charge is 2.52. The van der Waals surface area contributed by atoms with Crippen LogP contribution in [0.2, 0.25) is 0 Å². The lowest BCUT2D eigenvalue weighted by Crippen LogP contribution is -2.33. The SMILES string of the molecule is C1=CC2c3cc4c(cc3N(c3cc5ccccc5cn3)C2C=C1)C1(C2=C(CCC=C2)Sc2ccccc21)c1ccccc1-4. The zero-order valence-electron chi connectivity index (χ0n) is 23.6. The molecule has 204 valence electrons. The van der Waals surface area contributed by atoms with E-state index in [9.17, 15) is 0 Å². The van der Waals surface area contributed by atoms with Crippen LogP contribution in [-0.4, -0.2) is 11.0 Å². The maximum absolute atomic E-state index is 5.06. The van der Waals surface area contributed by atoms with Gasteiger partial charge in [-0.3, -0.25) is 0 Å². The number of hydrogen-bond acceptors (Lipinski definition) is 3. The molecule has 10 rings (SSSR count). The highest BCUT2D eigenvalue weighted by Crippen LogP contribution is 2.65. The highest BCUT2D eigenvalue weighted by molar-refractivity contribution is 8.03. The number of allylic oxidation sites excluding steroid dienone is 6. The lowest BCUT2D eigenvalue weighted by atomic mass is 9.65. The smallest absolute Gasteiger partial charge is 0.134 e. The summed E-state index contributed by atoms with van der Waals surface area (Å²) in [4.78, 5) is 10.5. The molecule has 0 saturated carbocycles.